The van der Waals surface area contributed by atoms with E-state index in [1.165, 1.54) is 0 Å². The second kappa shape index (κ2) is 5.93. The summed E-state index contributed by atoms with van der Waals surface area (Å²) in [6.07, 6.45) is 0.115. The lowest BCUT2D eigenvalue weighted by Crippen LogP contribution is -2.44. The van der Waals surface area contributed by atoms with Gasteiger partial charge in [0.2, 0.25) is 0 Å². The minimum atomic E-state index is -1.83. The van der Waals surface area contributed by atoms with Crippen LogP contribution in [0, 0.1) is 6.92 Å². The lowest BCUT2D eigenvalue weighted by atomic mass is 9.85. The summed E-state index contributed by atoms with van der Waals surface area (Å²) in [5.41, 5.74) is 11.3. The Balaban J connectivity index is 1.69. The van der Waals surface area contributed by atoms with Crippen molar-refractivity contribution >= 4 is 22.6 Å². The fraction of sp³-hybridized carbons (Fsp3) is 0.348. The molecule has 0 bridgehead atoms. The molecule has 1 aromatic carbocycles. The van der Waals surface area contributed by atoms with Crippen molar-refractivity contribution < 1.29 is 14.6 Å². The fourth-order valence-electron chi connectivity index (χ4n) is 5.26. The maximum absolute atomic E-state index is 13.4. The van der Waals surface area contributed by atoms with Gasteiger partial charge in [-0.3, -0.25) is 4.79 Å². The van der Waals surface area contributed by atoms with Crippen LogP contribution in [0.5, 0.6) is 0 Å². The third kappa shape index (κ3) is 2.18. The molecule has 0 saturated carbocycles. The number of nitrogens with zero attached hydrogens (tertiary/aromatic N) is 2. The molecule has 3 aromatic rings. The zero-order chi connectivity index (χ0) is 21.7. The smallest absolute Gasteiger partial charge is 0.343 e. The first kappa shape index (κ1) is 18.5. The highest BCUT2D eigenvalue weighted by molar-refractivity contribution is 6.00. The molecule has 1 unspecified atom stereocenters. The number of aryl methyl sites for hydroxylation is 1. The van der Waals surface area contributed by atoms with E-state index in [0.29, 0.717) is 35.6 Å². The van der Waals surface area contributed by atoms with E-state index in [-0.39, 0.29) is 24.6 Å². The van der Waals surface area contributed by atoms with E-state index in [1.54, 1.807) is 17.6 Å². The van der Waals surface area contributed by atoms with Gasteiger partial charge < -0.3 is 25.5 Å². The third-order valence-corrected chi connectivity index (χ3v) is 6.98. The number of fused-ring (bicyclic) bond motifs is 5. The maximum Gasteiger partial charge on any atom is 0.343 e. The van der Waals surface area contributed by atoms with E-state index in [2.05, 4.69) is 5.32 Å². The average Bonchev–Trinajstić information content (AvgIpc) is 3.13. The summed E-state index contributed by atoms with van der Waals surface area (Å²) >= 11 is 0. The van der Waals surface area contributed by atoms with Crippen molar-refractivity contribution in [3.05, 3.63) is 56.4 Å². The fourth-order valence-corrected chi connectivity index (χ4v) is 5.26. The number of hydrogen-bond donors (Lipinski definition) is 3. The van der Waals surface area contributed by atoms with E-state index in [9.17, 15) is 14.7 Å². The molecular weight excluding hydrogens is 396 g/mol. The van der Waals surface area contributed by atoms with Gasteiger partial charge in [-0.25, -0.2) is 9.78 Å². The molecule has 6 rings (SSSR count). The Bertz CT molecular complexity index is 1390. The van der Waals surface area contributed by atoms with Gasteiger partial charge in [-0.2, -0.15) is 0 Å². The van der Waals surface area contributed by atoms with E-state index >= 15 is 0 Å². The van der Waals surface area contributed by atoms with Gasteiger partial charge in [-0.05, 0) is 36.6 Å². The molecule has 4 N–H and O–H groups in total. The second-order valence-electron chi connectivity index (χ2n) is 8.59. The number of anilines is 1. The number of hydrogen-bond acceptors (Lipinski definition) is 7. The first-order chi connectivity index (χ1) is 14.8. The minimum absolute atomic E-state index is 0.115. The number of benzene rings is 1. The highest BCUT2D eigenvalue weighted by Gasteiger charge is 2.45. The molecule has 0 radical (unpaired) electrons. The first-order valence-corrected chi connectivity index (χ1v) is 10.5. The molecule has 0 saturated heterocycles. The third-order valence-electron chi connectivity index (χ3n) is 6.98. The summed E-state index contributed by atoms with van der Waals surface area (Å²) in [5.74, 6) is -0.722. The summed E-state index contributed by atoms with van der Waals surface area (Å²) in [5, 5.41) is 15.4. The molecule has 8 nitrogen and oxygen atoms in total. The van der Waals surface area contributed by atoms with Gasteiger partial charge in [0.25, 0.3) is 5.56 Å². The number of pyridine rings is 2. The SMILES string of the molecule is CC[C@@]1(O)C(=O)OCc2c1cc1n(c2=O)Cc2c-1nc1ccc(C)c3c1c2C(N)CN3. The summed E-state index contributed by atoms with van der Waals surface area (Å²) in [6, 6.07) is 5.49. The largest absolute Gasteiger partial charge is 0.458 e. The normalized spacial score (nSPS) is 23.1. The number of nitrogens with one attached hydrogen (secondary N) is 1. The molecule has 0 spiro atoms. The summed E-state index contributed by atoms with van der Waals surface area (Å²) in [6.45, 7) is 4.56. The van der Waals surface area contributed by atoms with Crippen molar-refractivity contribution in [3.63, 3.8) is 0 Å². The van der Waals surface area contributed by atoms with Gasteiger partial charge in [0.05, 0.1) is 29.0 Å². The molecule has 0 amide bonds. The van der Waals surface area contributed by atoms with Gasteiger partial charge in [0.15, 0.2) is 5.60 Å². The van der Waals surface area contributed by atoms with Crippen LogP contribution >= 0.6 is 0 Å². The van der Waals surface area contributed by atoms with Crippen molar-refractivity contribution in [2.45, 2.75) is 45.1 Å². The van der Waals surface area contributed by atoms with Crippen LogP contribution < -0.4 is 16.6 Å². The van der Waals surface area contributed by atoms with Crippen LogP contribution in [0.25, 0.3) is 22.3 Å². The summed E-state index contributed by atoms with van der Waals surface area (Å²) < 4.78 is 6.80. The van der Waals surface area contributed by atoms with Crippen molar-refractivity contribution in [2.75, 3.05) is 11.9 Å². The molecule has 8 heteroatoms. The number of ether oxygens (including phenoxy) is 1. The maximum atomic E-state index is 13.4. The Morgan fingerprint density at radius 1 is 1.35 bits per heavy atom. The Morgan fingerprint density at radius 3 is 2.94 bits per heavy atom. The molecule has 3 aliphatic heterocycles. The van der Waals surface area contributed by atoms with E-state index in [0.717, 1.165) is 33.3 Å². The van der Waals surface area contributed by atoms with Crippen molar-refractivity contribution in [1.29, 1.82) is 0 Å². The molecule has 0 aliphatic carbocycles. The average molecular weight is 418 g/mol. The molecule has 0 fully saturated rings. The number of cyclic esters (lactones) is 1. The monoisotopic (exact) mass is 418 g/mol. The Morgan fingerprint density at radius 2 is 2.16 bits per heavy atom. The lowest BCUT2D eigenvalue weighted by molar-refractivity contribution is -0.172. The van der Waals surface area contributed by atoms with Crippen LogP contribution in [0.1, 0.15) is 47.2 Å². The first-order valence-electron chi connectivity index (χ1n) is 10.5. The summed E-state index contributed by atoms with van der Waals surface area (Å²) in [4.78, 5) is 30.6. The molecule has 2 atom stereocenters. The standard InChI is InChI=1S/C23H22N4O4/c1-3-23(30)13-6-16-20-11(8-27(16)21(28)12(13)9-31-22(23)29)17-14(24)7-25-19-10(2)4-5-15(26-20)18(17)19/h4-6,14,25,30H,3,7-9,24H2,1-2H3/t14?,23-/m0/s1. The zero-order valence-electron chi connectivity index (χ0n) is 17.3. The van der Waals surface area contributed by atoms with Crippen molar-refractivity contribution in [2.24, 2.45) is 5.73 Å². The molecule has 5 heterocycles. The Labute approximate surface area is 177 Å². The zero-order valence-corrected chi connectivity index (χ0v) is 17.3. The van der Waals surface area contributed by atoms with Crippen LogP contribution in [0.4, 0.5) is 5.69 Å². The van der Waals surface area contributed by atoms with E-state index < -0.39 is 11.6 Å². The molecule has 3 aliphatic rings. The highest BCUT2D eigenvalue weighted by Crippen LogP contribution is 2.44. The van der Waals surface area contributed by atoms with Crippen LogP contribution in [0.2, 0.25) is 0 Å². The number of esters is 1. The van der Waals surface area contributed by atoms with Crippen LogP contribution in [0.3, 0.4) is 0 Å². The number of aliphatic hydroxyl groups is 1. The van der Waals surface area contributed by atoms with Crippen LogP contribution in [0.15, 0.2) is 23.0 Å². The molecule has 2 aromatic heterocycles. The van der Waals surface area contributed by atoms with Gasteiger partial charge in [0, 0.05) is 34.8 Å². The van der Waals surface area contributed by atoms with Gasteiger partial charge in [-0.1, -0.05) is 13.0 Å². The van der Waals surface area contributed by atoms with E-state index in [4.69, 9.17) is 15.5 Å². The topological polar surface area (TPSA) is 119 Å². The van der Waals surface area contributed by atoms with Gasteiger partial charge >= 0.3 is 5.97 Å². The van der Waals surface area contributed by atoms with Gasteiger partial charge in [0.1, 0.15) is 6.61 Å². The highest BCUT2D eigenvalue weighted by atomic mass is 16.6. The predicted molar refractivity (Wildman–Crippen MR) is 115 cm³/mol. The number of rotatable bonds is 1. The lowest BCUT2D eigenvalue weighted by Gasteiger charge is -2.31. The quantitative estimate of drug-likeness (QED) is 0.403. The van der Waals surface area contributed by atoms with Crippen molar-refractivity contribution in [1.82, 2.24) is 9.55 Å². The molecule has 31 heavy (non-hydrogen) atoms. The second-order valence-corrected chi connectivity index (χ2v) is 8.59. The predicted octanol–water partition coefficient (Wildman–Crippen LogP) is 1.81. The van der Waals surface area contributed by atoms with Crippen molar-refractivity contribution in [3.8, 4) is 11.4 Å². The van der Waals surface area contributed by atoms with Crippen LogP contribution in [-0.2, 0) is 28.3 Å². The number of aromatic nitrogens is 2. The summed E-state index contributed by atoms with van der Waals surface area (Å²) in [7, 11) is 0. The molecule has 158 valence electrons. The van der Waals surface area contributed by atoms with E-state index in [1.807, 2.05) is 19.1 Å². The van der Waals surface area contributed by atoms with Crippen LogP contribution in [-0.4, -0.2) is 27.2 Å². The Hall–Kier alpha value is -3.23. The molecular formula is C23H22N4O4. The Kier molecular flexibility index (Phi) is 3.54. The van der Waals surface area contributed by atoms with Gasteiger partial charge in [-0.15, -0.1) is 0 Å². The number of carbonyl (C=O) groups excluding carboxylic acids is 1. The number of nitrogens with two attached hydrogens (primary N) is 1. The minimum Gasteiger partial charge on any atom is -0.458 e. The number of carbonyl (C=O) groups is 1.